The van der Waals surface area contributed by atoms with Gasteiger partial charge in [0.2, 0.25) is 0 Å². The molecular formula is C13H18BrNOS. The van der Waals surface area contributed by atoms with Gasteiger partial charge in [-0.05, 0) is 63.9 Å². The van der Waals surface area contributed by atoms with Crippen LogP contribution >= 0.6 is 27.7 Å². The van der Waals surface area contributed by atoms with Crippen LogP contribution in [0.2, 0.25) is 0 Å². The minimum Gasteiger partial charge on any atom is -0.496 e. The topological polar surface area (TPSA) is 35.2 Å². The molecule has 4 heteroatoms. The van der Waals surface area contributed by atoms with Gasteiger partial charge in [-0.2, -0.15) is 11.8 Å². The van der Waals surface area contributed by atoms with E-state index < -0.39 is 0 Å². The number of benzene rings is 1. The largest absolute Gasteiger partial charge is 0.496 e. The van der Waals surface area contributed by atoms with Crippen molar-refractivity contribution in [2.45, 2.75) is 18.9 Å². The van der Waals surface area contributed by atoms with Crippen molar-refractivity contribution in [3.8, 4) is 5.75 Å². The maximum absolute atomic E-state index is 6.27. The Hall–Kier alpha value is -0.190. The van der Waals surface area contributed by atoms with Gasteiger partial charge in [0.15, 0.2) is 0 Å². The Morgan fingerprint density at radius 2 is 2.41 bits per heavy atom. The molecule has 2 atom stereocenters. The highest BCUT2D eigenvalue weighted by Crippen LogP contribution is 2.29. The molecule has 0 amide bonds. The van der Waals surface area contributed by atoms with Crippen molar-refractivity contribution in [3.63, 3.8) is 0 Å². The zero-order valence-corrected chi connectivity index (χ0v) is 12.4. The fraction of sp³-hybridized carbons (Fsp3) is 0.538. The minimum atomic E-state index is 0.283. The number of hydrogen-bond acceptors (Lipinski definition) is 3. The molecule has 0 aromatic heterocycles. The number of rotatable bonds is 4. The first kappa shape index (κ1) is 13.2. The van der Waals surface area contributed by atoms with Crippen LogP contribution in [0.15, 0.2) is 22.7 Å². The summed E-state index contributed by atoms with van der Waals surface area (Å²) in [5, 5.41) is 0. The number of thioether (sulfide) groups is 1. The molecule has 0 radical (unpaired) electrons. The van der Waals surface area contributed by atoms with Crippen LogP contribution in [0.3, 0.4) is 0 Å². The number of ether oxygens (including phenoxy) is 1. The summed E-state index contributed by atoms with van der Waals surface area (Å²) >= 11 is 5.53. The van der Waals surface area contributed by atoms with Crippen LogP contribution in [-0.2, 0) is 6.42 Å². The monoisotopic (exact) mass is 315 g/mol. The van der Waals surface area contributed by atoms with Crippen LogP contribution in [0.1, 0.15) is 12.0 Å². The van der Waals surface area contributed by atoms with Gasteiger partial charge in [0.05, 0.1) is 11.6 Å². The summed E-state index contributed by atoms with van der Waals surface area (Å²) in [7, 11) is 1.68. The van der Waals surface area contributed by atoms with E-state index in [1.54, 1.807) is 7.11 Å². The lowest BCUT2D eigenvalue weighted by Crippen LogP contribution is -2.32. The first-order chi connectivity index (χ1) is 8.20. The van der Waals surface area contributed by atoms with E-state index in [1.165, 1.54) is 23.5 Å². The maximum atomic E-state index is 6.27. The lowest BCUT2D eigenvalue weighted by atomic mass is 9.94. The van der Waals surface area contributed by atoms with E-state index >= 15 is 0 Å². The average Bonchev–Trinajstić information content (AvgIpc) is 2.82. The van der Waals surface area contributed by atoms with Crippen molar-refractivity contribution in [2.75, 3.05) is 18.6 Å². The highest BCUT2D eigenvalue weighted by atomic mass is 79.9. The van der Waals surface area contributed by atoms with E-state index in [0.717, 1.165) is 16.6 Å². The fourth-order valence-corrected chi connectivity index (χ4v) is 4.11. The van der Waals surface area contributed by atoms with Gasteiger partial charge >= 0.3 is 0 Å². The van der Waals surface area contributed by atoms with Crippen LogP contribution in [-0.4, -0.2) is 24.7 Å². The lowest BCUT2D eigenvalue weighted by Gasteiger charge is -2.18. The highest BCUT2D eigenvalue weighted by molar-refractivity contribution is 9.10. The Bertz CT molecular complexity index is 380. The molecule has 0 bridgehead atoms. The van der Waals surface area contributed by atoms with Crippen LogP contribution in [0, 0.1) is 5.92 Å². The standard InChI is InChI=1S/C13H18BrNOS/c1-16-13-3-2-9(6-11(13)14)7-12(15)10-4-5-17-8-10/h2-3,6,10,12H,4-5,7-8,15H2,1H3. The molecule has 1 heterocycles. The summed E-state index contributed by atoms with van der Waals surface area (Å²) in [5.41, 5.74) is 7.55. The first-order valence-electron chi connectivity index (χ1n) is 5.86. The third kappa shape index (κ3) is 3.39. The lowest BCUT2D eigenvalue weighted by molar-refractivity contribution is 0.411. The molecule has 2 N–H and O–H groups in total. The maximum Gasteiger partial charge on any atom is 0.133 e. The van der Waals surface area contributed by atoms with Crippen molar-refractivity contribution in [1.82, 2.24) is 0 Å². The average molecular weight is 316 g/mol. The van der Waals surface area contributed by atoms with Crippen LogP contribution < -0.4 is 10.5 Å². The van der Waals surface area contributed by atoms with Crippen LogP contribution in [0.4, 0.5) is 0 Å². The Morgan fingerprint density at radius 1 is 1.59 bits per heavy atom. The molecule has 94 valence electrons. The van der Waals surface area contributed by atoms with E-state index in [4.69, 9.17) is 10.5 Å². The zero-order chi connectivity index (χ0) is 12.3. The SMILES string of the molecule is COc1ccc(CC(N)C2CCSC2)cc1Br. The summed E-state index contributed by atoms with van der Waals surface area (Å²) in [4.78, 5) is 0. The van der Waals surface area contributed by atoms with Gasteiger partial charge in [-0.25, -0.2) is 0 Å². The Kier molecular flexibility index (Phi) is 4.77. The van der Waals surface area contributed by atoms with Crippen LogP contribution in [0.5, 0.6) is 5.75 Å². The molecule has 0 aliphatic carbocycles. The second kappa shape index (κ2) is 6.12. The van der Waals surface area contributed by atoms with E-state index in [1.807, 2.05) is 17.8 Å². The van der Waals surface area contributed by atoms with Gasteiger partial charge in [0, 0.05) is 6.04 Å². The summed E-state index contributed by atoms with van der Waals surface area (Å²) in [6.07, 6.45) is 2.22. The number of halogens is 1. The number of nitrogens with two attached hydrogens (primary N) is 1. The van der Waals surface area contributed by atoms with Gasteiger partial charge < -0.3 is 10.5 Å². The second-order valence-electron chi connectivity index (χ2n) is 4.46. The van der Waals surface area contributed by atoms with Gasteiger partial charge in [-0.1, -0.05) is 6.07 Å². The second-order valence-corrected chi connectivity index (χ2v) is 6.46. The molecule has 1 fully saturated rings. The summed E-state index contributed by atoms with van der Waals surface area (Å²) in [5.74, 6) is 4.04. The molecular weight excluding hydrogens is 298 g/mol. The summed E-state index contributed by atoms with van der Waals surface area (Å²) < 4.78 is 6.23. The zero-order valence-electron chi connectivity index (χ0n) is 9.99. The molecule has 0 saturated carbocycles. The third-order valence-corrected chi connectivity index (χ3v) is 5.07. The smallest absolute Gasteiger partial charge is 0.133 e. The van der Waals surface area contributed by atoms with Crippen molar-refractivity contribution in [3.05, 3.63) is 28.2 Å². The van der Waals surface area contributed by atoms with Gasteiger partial charge in [-0.15, -0.1) is 0 Å². The predicted octanol–water partition coefficient (Wildman–Crippen LogP) is 3.08. The summed E-state index contributed by atoms with van der Waals surface area (Å²) in [6.45, 7) is 0. The molecule has 17 heavy (non-hydrogen) atoms. The number of methoxy groups -OCH3 is 1. The molecule has 1 aromatic rings. The van der Waals surface area contributed by atoms with Crippen LogP contribution in [0.25, 0.3) is 0 Å². The quantitative estimate of drug-likeness (QED) is 0.927. The Labute approximate surface area is 115 Å². The van der Waals surface area contributed by atoms with E-state index in [-0.39, 0.29) is 6.04 Å². The molecule has 1 aromatic carbocycles. The fourth-order valence-electron chi connectivity index (χ4n) is 2.17. The normalized spacial score (nSPS) is 21.5. The molecule has 1 aliphatic heterocycles. The van der Waals surface area contributed by atoms with E-state index in [2.05, 4.69) is 28.1 Å². The Morgan fingerprint density at radius 3 is 3.00 bits per heavy atom. The number of hydrogen-bond donors (Lipinski definition) is 1. The van der Waals surface area contributed by atoms with E-state index in [9.17, 15) is 0 Å². The molecule has 1 saturated heterocycles. The first-order valence-corrected chi connectivity index (χ1v) is 7.81. The Balaban J connectivity index is 2.00. The molecule has 1 aliphatic rings. The van der Waals surface area contributed by atoms with Crippen molar-refractivity contribution < 1.29 is 4.74 Å². The van der Waals surface area contributed by atoms with Crippen molar-refractivity contribution >= 4 is 27.7 Å². The van der Waals surface area contributed by atoms with Gasteiger partial charge in [0.25, 0.3) is 0 Å². The molecule has 2 rings (SSSR count). The third-order valence-electron chi connectivity index (χ3n) is 3.26. The highest BCUT2D eigenvalue weighted by Gasteiger charge is 2.22. The van der Waals surface area contributed by atoms with E-state index in [0.29, 0.717) is 5.92 Å². The van der Waals surface area contributed by atoms with Crippen molar-refractivity contribution in [2.24, 2.45) is 11.7 Å². The molecule has 2 unspecified atom stereocenters. The van der Waals surface area contributed by atoms with Gasteiger partial charge in [0.1, 0.15) is 5.75 Å². The predicted molar refractivity (Wildman–Crippen MR) is 77.8 cm³/mol. The molecule has 0 spiro atoms. The molecule has 2 nitrogen and oxygen atoms in total. The summed E-state index contributed by atoms with van der Waals surface area (Å²) in [6, 6.07) is 6.49. The minimum absolute atomic E-state index is 0.283. The van der Waals surface area contributed by atoms with Gasteiger partial charge in [-0.3, -0.25) is 0 Å². The van der Waals surface area contributed by atoms with Crippen molar-refractivity contribution in [1.29, 1.82) is 0 Å².